The van der Waals surface area contributed by atoms with Crippen LogP contribution >= 0.6 is 0 Å². The molecule has 0 aliphatic heterocycles. The van der Waals surface area contributed by atoms with E-state index in [1.54, 1.807) is 17.8 Å². The minimum atomic E-state index is -0.435. The van der Waals surface area contributed by atoms with Gasteiger partial charge in [0, 0.05) is 18.7 Å². The van der Waals surface area contributed by atoms with Crippen LogP contribution in [0.5, 0.6) is 0 Å². The Morgan fingerprint density at radius 1 is 1.26 bits per heavy atom. The van der Waals surface area contributed by atoms with Crippen molar-refractivity contribution in [1.82, 2.24) is 19.9 Å². The molecule has 0 amide bonds. The van der Waals surface area contributed by atoms with Gasteiger partial charge in [-0.05, 0) is 12.1 Å². The van der Waals surface area contributed by atoms with E-state index < -0.39 is 6.04 Å². The summed E-state index contributed by atoms with van der Waals surface area (Å²) >= 11 is 0. The molecule has 2 heterocycles. The number of hydrogen-bond acceptors (Lipinski definition) is 5. The van der Waals surface area contributed by atoms with Crippen LogP contribution in [0.3, 0.4) is 0 Å². The Hall–Kier alpha value is -2.47. The molecule has 0 fully saturated rings. The second kappa shape index (κ2) is 4.66. The highest BCUT2D eigenvalue weighted by Gasteiger charge is 2.16. The number of nitrogens with zero attached hydrogens (tertiary/aromatic N) is 4. The third kappa shape index (κ3) is 2.25. The highest BCUT2D eigenvalue weighted by Crippen LogP contribution is 2.17. The molecule has 96 valence electrons. The van der Waals surface area contributed by atoms with Crippen molar-refractivity contribution in [3.63, 3.8) is 0 Å². The molecule has 1 atom stereocenters. The molecule has 3 aromatic rings. The van der Waals surface area contributed by atoms with Gasteiger partial charge < -0.3 is 10.3 Å². The summed E-state index contributed by atoms with van der Waals surface area (Å²) < 4.78 is 6.70. The van der Waals surface area contributed by atoms with Gasteiger partial charge in [0.1, 0.15) is 0 Å². The van der Waals surface area contributed by atoms with Gasteiger partial charge in [0.2, 0.25) is 5.89 Å². The Morgan fingerprint density at radius 2 is 2.05 bits per heavy atom. The van der Waals surface area contributed by atoms with E-state index >= 15 is 0 Å². The second-order valence-electron chi connectivity index (χ2n) is 4.20. The van der Waals surface area contributed by atoms with E-state index in [1.807, 2.05) is 36.5 Å². The van der Waals surface area contributed by atoms with Gasteiger partial charge in [-0.15, -0.1) is 0 Å². The molecule has 2 N–H and O–H groups in total. The first-order valence-electron chi connectivity index (χ1n) is 5.90. The summed E-state index contributed by atoms with van der Waals surface area (Å²) in [5.41, 5.74) is 7.90. The Balaban J connectivity index is 1.89. The fourth-order valence-electron chi connectivity index (χ4n) is 1.81. The fourth-order valence-corrected chi connectivity index (χ4v) is 1.81. The van der Waals surface area contributed by atoms with Crippen molar-refractivity contribution in [2.75, 3.05) is 0 Å². The van der Waals surface area contributed by atoms with Crippen LogP contribution in [0, 0.1) is 6.92 Å². The van der Waals surface area contributed by atoms with Crippen LogP contribution in [0.15, 0.2) is 47.2 Å². The van der Waals surface area contributed by atoms with Crippen LogP contribution in [0.25, 0.3) is 5.69 Å². The highest BCUT2D eigenvalue weighted by molar-refractivity contribution is 5.32. The van der Waals surface area contributed by atoms with Crippen molar-refractivity contribution in [1.29, 1.82) is 0 Å². The highest BCUT2D eigenvalue weighted by atomic mass is 16.5. The molecular weight excluding hydrogens is 242 g/mol. The minimum absolute atomic E-state index is 0.435. The van der Waals surface area contributed by atoms with Crippen molar-refractivity contribution in [3.8, 4) is 5.69 Å². The monoisotopic (exact) mass is 255 g/mol. The van der Waals surface area contributed by atoms with Gasteiger partial charge in [0.05, 0.1) is 17.9 Å². The number of para-hydroxylation sites is 1. The van der Waals surface area contributed by atoms with E-state index in [0.29, 0.717) is 11.7 Å². The largest absolute Gasteiger partial charge is 0.340 e. The van der Waals surface area contributed by atoms with Crippen molar-refractivity contribution < 1.29 is 4.52 Å². The SMILES string of the molecule is Cc1nc(C(N)c2cnn(-c3ccccc3)c2)no1. The van der Waals surface area contributed by atoms with E-state index in [4.69, 9.17) is 10.3 Å². The number of hydrogen-bond donors (Lipinski definition) is 1. The molecule has 2 aromatic heterocycles. The van der Waals surface area contributed by atoms with Crippen molar-refractivity contribution in [3.05, 3.63) is 60.0 Å². The molecule has 0 radical (unpaired) electrons. The summed E-state index contributed by atoms with van der Waals surface area (Å²) in [5, 5.41) is 8.12. The van der Waals surface area contributed by atoms with Gasteiger partial charge in [-0.1, -0.05) is 23.4 Å². The van der Waals surface area contributed by atoms with Crippen LogP contribution in [-0.4, -0.2) is 19.9 Å². The normalized spacial score (nSPS) is 12.5. The maximum absolute atomic E-state index is 6.08. The van der Waals surface area contributed by atoms with Gasteiger partial charge in [-0.3, -0.25) is 0 Å². The van der Waals surface area contributed by atoms with Crippen LogP contribution < -0.4 is 5.73 Å². The number of aromatic nitrogens is 4. The van der Waals surface area contributed by atoms with Crippen LogP contribution in [-0.2, 0) is 0 Å². The molecule has 1 aromatic carbocycles. The van der Waals surface area contributed by atoms with Gasteiger partial charge in [-0.25, -0.2) is 4.68 Å². The minimum Gasteiger partial charge on any atom is -0.340 e. The second-order valence-corrected chi connectivity index (χ2v) is 4.20. The number of benzene rings is 1. The fraction of sp³-hybridized carbons (Fsp3) is 0.154. The zero-order valence-corrected chi connectivity index (χ0v) is 10.4. The van der Waals surface area contributed by atoms with E-state index in [9.17, 15) is 0 Å². The Bertz CT molecular complexity index is 673. The van der Waals surface area contributed by atoms with Gasteiger partial charge in [0.25, 0.3) is 0 Å². The molecule has 0 aliphatic carbocycles. The van der Waals surface area contributed by atoms with Gasteiger partial charge in [0.15, 0.2) is 5.82 Å². The lowest BCUT2D eigenvalue weighted by Crippen LogP contribution is -2.12. The Morgan fingerprint density at radius 3 is 2.74 bits per heavy atom. The molecule has 0 aliphatic rings. The number of nitrogens with two attached hydrogens (primary N) is 1. The number of rotatable bonds is 3. The van der Waals surface area contributed by atoms with E-state index in [-0.39, 0.29) is 0 Å². The summed E-state index contributed by atoms with van der Waals surface area (Å²) in [6.45, 7) is 1.73. The third-order valence-electron chi connectivity index (χ3n) is 2.80. The van der Waals surface area contributed by atoms with E-state index in [2.05, 4.69) is 15.2 Å². The zero-order chi connectivity index (χ0) is 13.2. The molecule has 0 saturated heterocycles. The van der Waals surface area contributed by atoms with Gasteiger partial charge in [-0.2, -0.15) is 10.1 Å². The van der Waals surface area contributed by atoms with E-state index in [0.717, 1.165) is 11.3 Å². The lowest BCUT2D eigenvalue weighted by atomic mass is 10.2. The molecule has 6 heteroatoms. The Kier molecular flexibility index (Phi) is 2.85. The predicted octanol–water partition coefficient (Wildman–Crippen LogP) is 1.61. The lowest BCUT2D eigenvalue weighted by molar-refractivity contribution is 0.385. The quantitative estimate of drug-likeness (QED) is 0.768. The molecule has 0 spiro atoms. The third-order valence-corrected chi connectivity index (χ3v) is 2.80. The Labute approximate surface area is 109 Å². The summed E-state index contributed by atoms with van der Waals surface area (Å²) in [5.74, 6) is 0.964. The first kappa shape index (κ1) is 11.6. The average Bonchev–Trinajstić information content (AvgIpc) is 3.08. The lowest BCUT2D eigenvalue weighted by Gasteiger charge is -2.03. The summed E-state index contributed by atoms with van der Waals surface area (Å²) in [6.07, 6.45) is 3.58. The zero-order valence-electron chi connectivity index (χ0n) is 10.4. The molecule has 0 saturated carbocycles. The van der Waals surface area contributed by atoms with Crippen molar-refractivity contribution >= 4 is 0 Å². The standard InChI is InChI=1S/C13H13N5O/c1-9-16-13(17-19-9)12(14)10-7-15-18(8-10)11-5-3-2-4-6-11/h2-8,12H,14H2,1H3. The summed E-state index contributed by atoms with van der Waals surface area (Å²) in [4.78, 5) is 4.13. The summed E-state index contributed by atoms with van der Waals surface area (Å²) in [7, 11) is 0. The first-order chi connectivity index (χ1) is 9.24. The van der Waals surface area contributed by atoms with Gasteiger partial charge >= 0.3 is 0 Å². The van der Waals surface area contributed by atoms with Crippen LogP contribution in [0.1, 0.15) is 23.3 Å². The van der Waals surface area contributed by atoms with Crippen LogP contribution in [0.2, 0.25) is 0 Å². The van der Waals surface area contributed by atoms with Crippen LogP contribution in [0.4, 0.5) is 0 Å². The molecular formula is C13H13N5O. The predicted molar refractivity (Wildman–Crippen MR) is 68.6 cm³/mol. The summed E-state index contributed by atoms with van der Waals surface area (Å²) in [6, 6.07) is 9.39. The molecule has 0 bridgehead atoms. The first-order valence-corrected chi connectivity index (χ1v) is 5.90. The van der Waals surface area contributed by atoms with Crippen molar-refractivity contribution in [2.45, 2.75) is 13.0 Å². The number of aryl methyl sites for hydroxylation is 1. The molecule has 1 unspecified atom stereocenters. The smallest absolute Gasteiger partial charge is 0.223 e. The molecule has 19 heavy (non-hydrogen) atoms. The maximum Gasteiger partial charge on any atom is 0.223 e. The molecule has 3 rings (SSSR count). The van der Waals surface area contributed by atoms with Crippen molar-refractivity contribution in [2.24, 2.45) is 5.73 Å². The van der Waals surface area contributed by atoms with E-state index in [1.165, 1.54) is 0 Å². The average molecular weight is 255 g/mol. The molecule has 6 nitrogen and oxygen atoms in total. The topological polar surface area (TPSA) is 82.8 Å². The maximum atomic E-state index is 6.08.